The summed E-state index contributed by atoms with van der Waals surface area (Å²) in [6.07, 6.45) is 6.78. The second-order valence-electron chi connectivity index (χ2n) is 11.1. The summed E-state index contributed by atoms with van der Waals surface area (Å²) >= 11 is 1.57. The fraction of sp³-hybridized carbons (Fsp3) is 0.483. The van der Waals surface area contributed by atoms with Crippen LogP contribution in [0, 0.1) is 24.2 Å². The van der Waals surface area contributed by atoms with Crippen LogP contribution in [0.25, 0.3) is 21.1 Å². The zero-order valence-corrected chi connectivity index (χ0v) is 24.1. The highest BCUT2D eigenvalue weighted by atomic mass is 32.2. The van der Waals surface area contributed by atoms with E-state index in [2.05, 4.69) is 38.4 Å². The van der Waals surface area contributed by atoms with E-state index in [1.807, 2.05) is 25.1 Å². The molecule has 2 aliphatic carbocycles. The summed E-state index contributed by atoms with van der Waals surface area (Å²) < 4.78 is 23.8. The van der Waals surface area contributed by atoms with Crippen molar-refractivity contribution < 1.29 is 13.2 Å². The average Bonchev–Trinajstić information content (AvgIpc) is 3.59. The van der Waals surface area contributed by atoms with Gasteiger partial charge in [-0.15, -0.1) is 11.3 Å². The predicted molar refractivity (Wildman–Crippen MR) is 155 cm³/mol. The normalized spacial score (nSPS) is 23.2. The Morgan fingerprint density at radius 2 is 1.82 bits per heavy atom. The molecule has 0 bridgehead atoms. The Morgan fingerprint density at radius 3 is 2.50 bits per heavy atom. The SMILES string of the molecule is Cc1nccc(-c2nc(C3CCCCC3C(=O)NC3(C#N)CC3)c(-c3ccc(N4CCS(=O)(=O)CC4)cc3)s2)n1. The van der Waals surface area contributed by atoms with Crippen molar-refractivity contribution >= 4 is 32.8 Å². The second kappa shape index (κ2) is 10.6. The molecule has 9 nitrogen and oxygen atoms in total. The standard InChI is InChI=1S/C29H32N6O3S2/c1-19-31-13-10-24(32-19)28-33-25(22-4-2-3-5-23(22)27(36)34-29(18-30)11-12-29)26(39-28)20-6-8-21(9-7-20)35-14-16-40(37,38)17-15-35/h6-10,13,22-23H,2-5,11-12,14-17H2,1H3,(H,34,36). The van der Waals surface area contributed by atoms with Gasteiger partial charge in [0.15, 0.2) is 9.84 Å². The van der Waals surface area contributed by atoms with E-state index in [4.69, 9.17) is 4.98 Å². The third-order valence-corrected chi connectivity index (χ3v) is 11.0. The second-order valence-corrected chi connectivity index (χ2v) is 14.4. The number of rotatable bonds is 6. The summed E-state index contributed by atoms with van der Waals surface area (Å²) in [5, 5.41) is 13.4. The lowest BCUT2D eigenvalue weighted by molar-refractivity contribution is -0.127. The van der Waals surface area contributed by atoms with E-state index in [1.165, 1.54) is 0 Å². The molecule has 1 N–H and O–H groups in total. The molecule has 6 rings (SSSR count). The Labute approximate surface area is 238 Å². The number of aromatic nitrogens is 3. The van der Waals surface area contributed by atoms with Crippen molar-refractivity contribution in [2.45, 2.75) is 56.9 Å². The number of nitrogens with one attached hydrogen (secondary N) is 1. The fourth-order valence-electron chi connectivity index (χ4n) is 5.76. The van der Waals surface area contributed by atoms with E-state index in [9.17, 15) is 18.5 Å². The van der Waals surface area contributed by atoms with Gasteiger partial charge in [-0.2, -0.15) is 5.26 Å². The maximum Gasteiger partial charge on any atom is 0.225 e. The molecule has 2 aromatic heterocycles. The lowest BCUT2D eigenvalue weighted by atomic mass is 9.76. The molecule has 1 aliphatic heterocycles. The largest absolute Gasteiger partial charge is 0.369 e. The summed E-state index contributed by atoms with van der Waals surface area (Å²) in [5.41, 5.74) is 2.98. The molecule has 0 spiro atoms. The smallest absolute Gasteiger partial charge is 0.225 e. The van der Waals surface area contributed by atoms with Crippen LogP contribution in [0.5, 0.6) is 0 Å². The van der Waals surface area contributed by atoms with Crippen LogP contribution < -0.4 is 10.2 Å². The molecule has 3 fully saturated rings. The molecule has 0 radical (unpaired) electrons. The number of hydrogen-bond acceptors (Lipinski definition) is 9. The van der Waals surface area contributed by atoms with Gasteiger partial charge in [-0.05, 0) is 56.4 Å². The first-order valence-corrected chi connectivity index (χ1v) is 16.5. The Balaban J connectivity index is 1.35. The lowest BCUT2D eigenvalue weighted by Crippen LogP contribution is -2.42. The molecule has 2 unspecified atom stereocenters. The molecular formula is C29H32N6O3S2. The number of thiazole rings is 1. The first-order valence-electron chi connectivity index (χ1n) is 13.9. The Kier molecular flexibility index (Phi) is 7.09. The summed E-state index contributed by atoms with van der Waals surface area (Å²) in [4.78, 5) is 30.6. The highest BCUT2D eigenvalue weighted by Gasteiger charge is 2.47. The zero-order valence-electron chi connectivity index (χ0n) is 22.5. The third-order valence-electron chi connectivity index (χ3n) is 8.27. The Morgan fingerprint density at radius 1 is 1.10 bits per heavy atom. The van der Waals surface area contributed by atoms with Gasteiger partial charge in [0.2, 0.25) is 5.91 Å². The molecule has 208 valence electrons. The Bertz CT molecular complexity index is 1560. The van der Waals surface area contributed by atoms with Crippen molar-refractivity contribution in [1.82, 2.24) is 20.3 Å². The van der Waals surface area contributed by atoms with Crippen LogP contribution in [0.2, 0.25) is 0 Å². The van der Waals surface area contributed by atoms with Crippen LogP contribution in [0.1, 0.15) is 56.0 Å². The minimum absolute atomic E-state index is 0.0440. The fourth-order valence-corrected chi connectivity index (χ4v) is 8.07. The van der Waals surface area contributed by atoms with Gasteiger partial charge in [-0.25, -0.2) is 23.4 Å². The minimum atomic E-state index is -2.95. The monoisotopic (exact) mass is 576 g/mol. The highest BCUT2D eigenvalue weighted by molar-refractivity contribution is 7.91. The number of carbonyl (C=O) groups excluding carboxylic acids is 1. The van der Waals surface area contributed by atoms with E-state index < -0.39 is 15.4 Å². The number of benzene rings is 1. The van der Waals surface area contributed by atoms with Gasteiger partial charge in [-0.3, -0.25) is 4.79 Å². The molecule has 1 aromatic carbocycles. The van der Waals surface area contributed by atoms with Crippen LogP contribution in [-0.4, -0.2) is 59.4 Å². The number of hydrogen-bond donors (Lipinski definition) is 1. The zero-order chi connectivity index (χ0) is 27.9. The average molecular weight is 577 g/mol. The number of amides is 1. The van der Waals surface area contributed by atoms with E-state index in [1.54, 1.807) is 17.5 Å². The number of nitrogens with zero attached hydrogens (tertiary/aromatic N) is 5. The number of nitriles is 1. The number of anilines is 1. The molecular weight excluding hydrogens is 544 g/mol. The van der Waals surface area contributed by atoms with Crippen molar-refractivity contribution in [2.24, 2.45) is 5.92 Å². The third kappa shape index (κ3) is 5.47. The quantitative estimate of drug-likeness (QED) is 0.461. The van der Waals surface area contributed by atoms with Crippen LogP contribution in [0.15, 0.2) is 36.5 Å². The van der Waals surface area contributed by atoms with Gasteiger partial charge in [0.25, 0.3) is 0 Å². The van der Waals surface area contributed by atoms with Crippen molar-refractivity contribution in [3.63, 3.8) is 0 Å². The van der Waals surface area contributed by atoms with E-state index in [-0.39, 0.29) is 29.2 Å². The molecule has 11 heteroatoms. The predicted octanol–water partition coefficient (Wildman–Crippen LogP) is 4.26. The van der Waals surface area contributed by atoms with E-state index in [0.29, 0.717) is 31.8 Å². The van der Waals surface area contributed by atoms with Gasteiger partial charge < -0.3 is 10.2 Å². The Hall–Kier alpha value is -3.36. The number of sulfone groups is 1. The van der Waals surface area contributed by atoms with Crippen molar-refractivity contribution in [1.29, 1.82) is 5.26 Å². The van der Waals surface area contributed by atoms with E-state index >= 15 is 0 Å². The molecule has 3 aromatic rings. The van der Waals surface area contributed by atoms with E-state index in [0.717, 1.165) is 58.2 Å². The molecule has 40 heavy (non-hydrogen) atoms. The lowest BCUT2D eigenvalue weighted by Gasteiger charge is -2.31. The van der Waals surface area contributed by atoms with Crippen molar-refractivity contribution in [2.75, 3.05) is 29.5 Å². The van der Waals surface area contributed by atoms with Gasteiger partial charge in [-0.1, -0.05) is 25.0 Å². The summed E-state index contributed by atoms with van der Waals surface area (Å²) in [5.74, 6) is 0.678. The summed E-state index contributed by atoms with van der Waals surface area (Å²) in [6, 6.07) is 12.4. The van der Waals surface area contributed by atoms with Gasteiger partial charge in [0, 0.05) is 36.8 Å². The molecule has 3 heterocycles. The maximum atomic E-state index is 13.5. The molecule has 2 atom stereocenters. The van der Waals surface area contributed by atoms with Crippen LogP contribution in [0.3, 0.4) is 0 Å². The molecule has 3 aliphatic rings. The number of carbonyl (C=O) groups is 1. The van der Waals surface area contributed by atoms with Crippen molar-refractivity contribution in [3.05, 3.63) is 48.0 Å². The molecule has 2 saturated carbocycles. The maximum absolute atomic E-state index is 13.5. The van der Waals surface area contributed by atoms with Crippen LogP contribution in [0.4, 0.5) is 5.69 Å². The summed E-state index contributed by atoms with van der Waals surface area (Å²) in [7, 11) is -2.95. The first-order chi connectivity index (χ1) is 19.3. The molecule has 1 amide bonds. The van der Waals surface area contributed by atoms with Crippen LogP contribution in [-0.2, 0) is 14.6 Å². The van der Waals surface area contributed by atoms with Gasteiger partial charge >= 0.3 is 0 Å². The van der Waals surface area contributed by atoms with Gasteiger partial charge in [0.1, 0.15) is 22.1 Å². The van der Waals surface area contributed by atoms with Crippen molar-refractivity contribution in [3.8, 4) is 27.2 Å². The minimum Gasteiger partial charge on any atom is -0.369 e. The molecule has 1 saturated heterocycles. The van der Waals surface area contributed by atoms with Gasteiger partial charge in [0.05, 0.1) is 28.1 Å². The van der Waals surface area contributed by atoms with Crippen LogP contribution >= 0.6 is 11.3 Å². The topological polar surface area (TPSA) is 129 Å². The highest BCUT2D eigenvalue weighted by Crippen LogP contribution is 2.46. The number of aryl methyl sites for hydroxylation is 1. The first kappa shape index (κ1) is 26.8. The summed E-state index contributed by atoms with van der Waals surface area (Å²) in [6.45, 7) is 2.84.